The summed E-state index contributed by atoms with van der Waals surface area (Å²) < 4.78 is 10.6. The number of nitrogens with one attached hydrogen (secondary N) is 2. The number of carbonyl (C=O) groups excluding carboxylic acids is 3. The average Bonchev–Trinajstić information content (AvgIpc) is 3.59. The van der Waals surface area contributed by atoms with E-state index in [1.54, 1.807) is 23.1 Å². The number of benzene rings is 2. The number of anilines is 1. The molecule has 2 aliphatic rings. The summed E-state index contributed by atoms with van der Waals surface area (Å²) >= 11 is 0.958. The van der Waals surface area contributed by atoms with Gasteiger partial charge in [0.15, 0.2) is 11.5 Å². The molecule has 2 aromatic carbocycles. The molecule has 1 aromatic heterocycles. The normalized spacial score (nSPS) is 15.8. The molecule has 192 valence electrons. The van der Waals surface area contributed by atoms with E-state index in [2.05, 4.69) is 20.8 Å². The molecular formula is C26H27N5O5S. The van der Waals surface area contributed by atoms with Gasteiger partial charge in [0, 0.05) is 31.3 Å². The Hall–Kier alpha value is -3.99. The van der Waals surface area contributed by atoms with E-state index in [0.717, 1.165) is 29.7 Å². The third-order valence-electron chi connectivity index (χ3n) is 6.49. The Morgan fingerprint density at radius 1 is 1.03 bits per heavy atom. The smallest absolute Gasteiger partial charge is 0.286 e. The Morgan fingerprint density at radius 2 is 1.76 bits per heavy atom. The summed E-state index contributed by atoms with van der Waals surface area (Å²) in [6.07, 6.45) is 1.90. The number of carbonyl (C=O) groups is 3. The van der Waals surface area contributed by atoms with Crippen molar-refractivity contribution in [3.05, 3.63) is 64.1 Å². The Kier molecular flexibility index (Phi) is 7.31. The van der Waals surface area contributed by atoms with Gasteiger partial charge in [-0.1, -0.05) is 41.7 Å². The van der Waals surface area contributed by atoms with E-state index in [-0.39, 0.29) is 40.6 Å². The maximum absolute atomic E-state index is 12.9. The number of rotatable bonds is 7. The molecule has 3 aromatic rings. The summed E-state index contributed by atoms with van der Waals surface area (Å²) in [5.74, 6) is 0.698. The molecule has 5 rings (SSSR count). The minimum Gasteiger partial charge on any atom is -0.454 e. The second kappa shape index (κ2) is 11.0. The number of fused-ring (bicyclic) bond motifs is 1. The van der Waals surface area contributed by atoms with Crippen LogP contribution in [0.25, 0.3) is 0 Å². The van der Waals surface area contributed by atoms with Crippen molar-refractivity contribution in [2.75, 3.05) is 25.2 Å². The van der Waals surface area contributed by atoms with Crippen LogP contribution in [0.15, 0.2) is 48.5 Å². The van der Waals surface area contributed by atoms with Crippen LogP contribution in [0.3, 0.4) is 0 Å². The zero-order chi connectivity index (χ0) is 25.8. The van der Waals surface area contributed by atoms with Gasteiger partial charge in [-0.15, -0.1) is 10.2 Å². The van der Waals surface area contributed by atoms with E-state index < -0.39 is 5.91 Å². The highest BCUT2D eigenvalue weighted by Gasteiger charge is 2.28. The molecule has 3 heterocycles. The molecule has 0 unspecified atom stereocenters. The van der Waals surface area contributed by atoms with Crippen molar-refractivity contribution in [2.24, 2.45) is 5.92 Å². The van der Waals surface area contributed by atoms with Gasteiger partial charge in [0.25, 0.3) is 11.8 Å². The van der Waals surface area contributed by atoms with Gasteiger partial charge in [-0.05, 0) is 43.4 Å². The number of hydrogen-bond donors (Lipinski definition) is 2. The van der Waals surface area contributed by atoms with E-state index in [1.165, 1.54) is 0 Å². The lowest BCUT2D eigenvalue weighted by atomic mass is 9.93. The highest BCUT2D eigenvalue weighted by atomic mass is 32.1. The molecule has 37 heavy (non-hydrogen) atoms. The maximum atomic E-state index is 12.9. The fourth-order valence-electron chi connectivity index (χ4n) is 4.42. The van der Waals surface area contributed by atoms with Crippen LogP contribution in [0.4, 0.5) is 5.69 Å². The predicted molar refractivity (Wildman–Crippen MR) is 137 cm³/mol. The average molecular weight is 522 g/mol. The number of amides is 3. The molecule has 0 spiro atoms. The Balaban J connectivity index is 1.09. The van der Waals surface area contributed by atoms with Gasteiger partial charge in [0.05, 0.1) is 6.04 Å². The SMILES string of the molecule is C[C@@H](NC(=O)CC1CCN(C(=O)c2nnc(C(=O)Nc3ccc4c(c3)OCO4)s2)CC1)c1ccccc1. The van der Waals surface area contributed by atoms with Gasteiger partial charge < -0.3 is 25.0 Å². The van der Waals surface area contributed by atoms with E-state index in [4.69, 9.17) is 9.47 Å². The van der Waals surface area contributed by atoms with Crippen LogP contribution in [-0.2, 0) is 4.79 Å². The standard InChI is InChI=1S/C26H27N5O5S/c1-16(18-5-3-2-4-6-18)27-22(32)13-17-9-11-31(12-10-17)26(34)25-30-29-24(37-25)23(33)28-19-7-8-20-21(14-19)36-15-35-20/h2-8,14,16-17H,9-13,15H2,1H3,(H,27,32)(H,28,33)/t16-/m1/s1. The van der Waals surface area contributed by atoms with Gasteiger partial charge in [-0.3, -0.25) is 14.4 Å². The molecule has 0 aliphatic carbocycles. The first-order chi connectivity index (χ1) is 18.0. The molecule has 11 heteroatoms. The highest BCUT2D eigenvalue weighted by molar-refractivity contribution is 7.15. The van der Waals surface area contributed by atoms with Crippen LogP contribution in [0.1, 0.15) is 57.4 Å². The third-order valence-corrected chi connectivity index (χ3v) is 7.40. The van der Waals surface area contributed by atoms with Gasteiger partial charge in [0.1, 0.15) is 0 Å². The zero-order valence-corrected chi connectivity index (χ0v) is 21.1. The minimum absolute atomic E-state index is 0.0170. The van der Waals surface area contributed by atoms with Gasteiger partial charge in [-0.25, -0.2) is 0 Å². The fourth-order valence-corrected chi connectivity index (χ4v) is 5.13. The molecule has 2 aliphatic heterocycles. The maximum Gasteiger partial charge on any atom is 0.286 e. The fraction of sp³-hybridized carbons (Fsp3) is 0.346. The Labute approximate surface area is 218 Å². The second-order valence-electron chi connectivity index (χ2n) is 9.07. The molecule has 2 N–H and O–H groups in total. The van der Waals surface area contributed by atoms with E-state index in [0.29, 0.717) is 36.7 Å². The Morgan fingerprint density at radius 3 is 2.54 bits per heavy atom. The van der Waals surface area contributed by atoms with Crippen molar-refractivity contribution in [1.29, 1.82) is 0 Å². The molecule has 1 saturated heterocycles. The van der Waals surface area contributed by atoms with Crippen LogP contribution in [0.5, 0.6) is 11.5 Å². The first-order valence-electron chi connectivity index (χ1n) is 12.1. The predicted octanol–water partition coefficient (Wildman–Crippen LogP) is 3.64. The van der Waals surface area contributed by atoms with Crippen molar-refractivity contribution >= 4 is 34.7 Å². The highest BCUT2D eigenvalue weighted by Crippen LogP contribution is 2.34. The molecule has 0 radical (unpaired) electrons. The second-order valence-corrected chi connectivity index (χ2v) is 10.1. The van der Waals surface area contributed by atoms with E-state index in [1.807, 2.05) is 37.3 Å². The van der Waals surface area contributed by atoms with Gasteiger partial charge >= 0.3 is 0 Å². The number of hydrogen-bond acceptors (Lipinski definition) is 8. The largest absolute Gasteiger partial charge is 0.454 e. The van der Waals surface area contributed by atoms with Crippen molar-refractivity contribution in [3.8, 4) is 11.5 Å². The number of piperidine rings is 1. The topological polar surface area (TPSA) is 123 Å². The monoisotopic (exact) mass is 521 g/mol. The summed E-state index contributed by atoms with van der Waals surface area (Å²) in [5.41, 5.74) is 1.60. The van der Waals surface area contributed by atoms with Crippen molar-refractivity contribution in [3.63, 3.8) is 0 Å². The van der Waals surface area contributed by atoms with Crippen LogP contribution >= 0.6 is 11.3 Å². The van der Waals surface area contributed by atoms with E-state index >= 15 is 0 Å². The first kappa shape index (κ1) is 24.7. The van der Waals surface area contributed by atoms with Crippen molar-refractivity contribution in [1.82, 2.24) is 20.4 Å². The first-order valence-corrected chi connectivity index (χ1v) is 13.0. The molecule has 0 bridgehead atoms. The van der Waals surface area contributed by atoms with Gasteiger partial charge in [-0.2, -0.15) is 0 Å². The Bertz CT molecular complexity index is 1290. The number of ether oxygens (including phenoxy) is 2. The minimum atomic E-state index is -0.454. The number of likely N-dealkylation sites (tertiary alicyclic amines) is 1. The molecular weight excluding hydrogens is 494 g/mol. The lowest BCUT2D eigenvalue weighted by Gasteiger charge is -2.31. The number of nitrogens with zero attached hydrogens (tertiary/aromatic N) is 3. The lowest BCUT2D eigenvalue weighted by molar-refractivity contribution is -0.122. The zero-order valence-electron chi connectivity index (χ0n) is 20.3. The van der Waals surface area contributed by atoms with Gasteiger partial charge in [0.2, 0.25) is 22.7 Å². The number of aromatic nitrogens is 2. The van der Waals surface area contributed by atoms with Crippen molar-refractivity contribution < 1.29 is 23.9 Å². The molecule has 3 amide bonds. The third kappa shape index (κ3) is 5.88. The van der Waals surface area contributed by atoms with Crippen LogP contribution < -0.4 is 20.1 Å². The lowest BCUT2D eigenvalue weighted by Crippen LogP contribution is -2.39. The summed E-state index contributed by atoms with van der Waals surface area (Å²) in [7, 11) is 0. The quantitative estimate of drug-likeness (QED) is 0.487. The summed E-state index contributed by atoms with van der Waals surface area (Å²) in [4.78, 5) is 39.8. The summed E-state index contributed by atoms with van der Waals surface area (Å²) in [6, 6.07) is 14.9. The van der Waals surface area contributed by atoms with Crippen molar-refractivity contribution in [2.45, 2.75) is 32.2 Å². The molecule has 1 atom stereocenters. The van der Waals surface area contributed by atoms with Crippen LogP contribution in [0, 0.1) is 5.92 Å². The van der Waals surface area contributed by atoms with E-state index in [9.17, 15) is 14.4 Å². The molecule has 10 nitrogen and oxygen atoms in total. The summed E-state index contributed by atoms with van der Waals surface area (Å²) in [5, 5.41) is 13.9. The van der Waals surface area contributed by atoms with Crippen LogP contribution in [0.2, 0.25) is 0 Å². The summed E-state index contributed by atoms with van der Waals surface area (Å²) in [6.45, 7) is 3.18. The molecule has 1 fully saturated rings. The van der Waals surface area contributed by atoms with Crippen LogP contribution in [-0.4, -0.2) is 52.7 Å². The molecule has 0 saturated carbocycles.